The van der Waals surface area contributed by atoms with Gasteiger partial charge in [-0.2, -0.15) is 0 Å². The average Bonchev–Trinajstić information content (AvgIpc) is 2.53. The lowest BCUT2D eigenvalue weighted by molar-refractivity contribution is 0.0952. The van der Waals surface area contributed by atoms with E-state index in [2.05, 4.69) is 10.3 Å². The molecule has 1 amide bonds. The van der Waals surface area contributed by atoms with Crippen LogP contribution in [0.5, 0.6) is 0 Å². The zero-order chi connectivity index (χ0) is 16.4. The Bertz CT molecular complexity index is 951. The van der Waals surface area contributed by atoms with Gasteiger partial charge in [-0.3, -0.25) is 9.59 Å². The van der Waals surface area contributed by atoms with Crippen LogP contribution in [0.1, 0.15) is 15.9 Å². The van der Waals surface area contributed by atoms with Crippen LogP contribution in [-0.2, 0) is 6.54 Å². The van der Waals surface area contributed by atoms with Crippen LogP contribution in [0, 0.1) is 0 Å². The quantitative estimate of drug-likeness (QED) is 0.758. The molecule has 3 aromatic rings. The summed E-state index contributed by atoms with van der Waals surface area (Å²) in [5, 5.41) is 4.48. The number of amides is 1. The molecule has 0 spiro atoms. The molecule has 0 saturated carbocycles. The Balaban J connectivity index is 1.88. The molecule has 0 aliphatic rings. The first kappa shape index (κ1) is 15.6. The third kappa shape index (κ3) is 3.38. The topological polar surface area (TPSA) is 62.0 Å². The molecule has 0 unspecified atom stereocenters. The number of aromatic amines is 1. The lowest BCUT2D eigenvalue weighted by Gasteiger charge is -2.09. The minimum absolute atomic E-state index is 0.246. The highest BCUT2D eigenvalue weighted by atomic mass is 35.5. The van der Waals surface area contributed by atoms with Crippen LogP contribution in [0.15, 0.2) is 53.3 Å². The number of benzene rings is 2. The van der Waals surface area contributed by atoms with Crippen molar-refractivity contribution in [1.29, 1.82) is 0 Å². The van der Waals surface area contributed by atoms with Crippen LogP contribution in [0.3, 0.4) is 0 Å². The second kappa shape index (κ2) is 6.44. The number of hydrogen-bond acceptors (Lipinski definition) is 2. The molecule has 6 heteroatoms. The van der Waals surface area contributed by atoms with Crippen molar-refractivity contribution < 1.29 is 4.79 Å². The Kier molecular flexibility index (Phi) is 4.37. The Morgan fingerprint density at radius 1 is 1.09 bits per heavy atom. The first-order valence-corrected chi connectivity index (χ1v) is 7.64. The number of nitrogens with one attached hydrogen (secondary N) is 2. The van der Waals surface area contributed by atoms with Crippen LogP contribution in [-0.4, -0.2) is 10.9 Å². The molecule has 0 radical (unpaired) electrons. The lowest BCUT2D eigenvalue weighted by atomic mass is 10.1. The molecule has 2 aromatic carbocycles. The van der Waals surface area contributed by atoms with Gasteiger partial charge in [0.25, 0.3) is 5.91 Å². The monoisotopic (exact) mass is 346 g/mol. The maximum absolute atomic E-state index is 12.4. The molecule has 1 heterocycles. The fourth-order valence-corrected chi connectivity index (χ4v) is 2.80. The lowest BCUT2D eigenvalue weighted by Crippen LogP contribution is -2.25. The molecule has 0 fully saturated rings. The minimum Gasteiger partial charge on any atom is -0.348 e. The Morgan fingerprint density at radius 2 is 1.87 bits per heavy atom. The zero-order valence-electron chi connectivity index (χ0n) is 11.9. The predicted molar refractivity (Wildman–Crippen MR) is 92.2 cm³/mol. The SMILES string of the molecule is O=C(NCc1ccc(Cl)cc1Cl)c1cc(=O)[nH]c2ccccc12. The highest BCUT2D eigenvalue weighted by Crippen LogP contribution is 2.21. The largest absolute Gasteiger partial charge is 0.348 e. The van der Waals surface area contributed by atoms with E-state index in [4.69, 9.17) is 23.2 Å². The summed E-state index contributed by atoms with van der Waals surface area (Å²) in [7, 11) is 0. The summed E-state index contributed by atoms with van der Waals surface area (Å²) < 4.78 is 0. The van der Waals surface area contributed by atoms with Crippen molar-refractivity contribution >= 4 is 40.0 Å². The van der Waals surface area contributed by atoms with Crippen LogP contribution < -0.4 is 10.9 Å². The molecule has 0 saturated heterocycles. The molecule has 23 heavy (non-hydrogen) atoms. The fraction of sp³-hybridized carbons (Fsp3) is 0.0588. The maximum atomic E-state index is 12.4. The molecular weight excluding hydrogens is 335 g/mol. The summed E-state index contributed by atoms with van der Waals surface area (Å²) in [5.41, 5.74) is 1.38. The number of pyridine rings is 1. The molecular formula is C17H12Cl2N2O2. The molecule has 0 aliphatic heterocycles. The molecule has 2 N–H and O–H groups in total. The minimum atomic E-state index is -0.335. The summed E-state index contributed by atoms with van der Waals surface area (Å²) >= 11 is 11.9. The third-order valence-corrected chi connectivity index (χ3v) is 4.04. The standard InChI is InChI=1S/C17H12Cl2N2O2/c18-11-6-5-10(14(19)7-11)9-20-17(23)13-8-16(22)21-15-4-2-1-3-12(13)15/h1-8H,9H2,(H,20,23)(H,21,22). The van der Waals surface area contributed by atoms with Crippen molar-refractivity contribution in [3.05, 3.63) is 80.1 Å². The van der Waals surface area contributed by atoms with E-state index in [0.29, 0.717) is 26.5 Å². The molecule has 0 aliphatic carbocycles. The van der Waals surface area contributed by atoms with Crippen molar-refractivity contribution in [2.45, 2.75) is 6.54 Å². The van der Waals surface area contributed by atoms with E-state index in [1.165, 1.54) is 6.07 Å². The first-order valence-electron chi connectivity index (χ1n) is 6.89. The summed E-state index contributed by atoms with van der Waals surface area (Å²) in [6.07, 6.45) is 0. The highest BCUT2D eigenvalue weighted by Gasteiger charge is 2.12. The third-order valence-electron chi connectivity index (χ3n) is 3.45. The van der Waals surface area contributed by atoms with E-state index < -0.39 is 0 Å². The molecule has 1 aromatic heterocycles. The van der Waals surface area contributed by atoms with Gasteiger partial charge in [-0.15, -0.1) is 0 Å². The second-order valence-corrected chi connectivity index (χ2v) is 5.85. The number of H-pyrrole nitrogens is 1. The van der Waals surface area contributed by atoms with Gasteiger partial charge in [0.1, 0.15) is 0 Å². The van der Waals surface area contributed by atoms with Crippen molar-refractivity contribution in [3.8, 4) is 0 Å². The van der Waals surface area contributed by atoms with Gasteiger partial charge in [0.15, 0.2) is 0 Å². The molecule has 116 valence electrons. The number of aromatic nitrogens is 1. The maximum Gasteiger partial charge on any atom is 0.252 e. The van der Waals surface area contributed by atoms with E-state index in [1.54, 1.807) is 36.4 Å². The van der Waals surface area contributed by atoms with Crippen LogP contribution >= 0.6 is 23.2 Å². The summed E-state index contributed by atoms with van der Waals surface area (Å²) in [4.78, 5) is 26.8. The van der Waals surface area contributed by atoms with Gasteiger partial charge in [0.2, 0.25) is 5.56 Å². The first-order chi connectivity index (χ1) is 11.0. The Labute approximate surface area is 142 Å². The van der Waals surface area contributed by atoms with E-state index in [9.17, 15) is 9.59 Å². The van der Waals surface area contributed by atoms with Crippen molar-refractivity contribution in [2.75, 3.05) is 0 Å². The normalized spacial score (nSPS) is 10.7. The number of fused-ring (bicyclic) bond motifs is 1. The highest BCUT2D eigenvalue weighted by molar-refractivity contribution is 6.35. The average molecular weight is 347 g/mol. The smallest absolute Gasteiger partial charge is 0.252 e. The summed E-state index contributed by atoms with van der Waals surface area (Å²) in [6, 6.07) is 13.5. The molecule has 0 bridgehead atoms. The second-order valence-electron chi connectivity index (χ2n) is 5.01. The van der Waals surface area contributed by atoms with Crippen LogP contribution in [0.4, 0.5) is 0 Å². The number of rotatable bonds is 3. The molecule has 3 rings (SSSR count). The number of para-hydroxylation sites is 1. The van der Waals surface area contributed by atoms with E-state index in [-0.39, 0.29) is 18.0 Å². The number of hydrogen-bond donors (Lipinski definition) is 2. The van der Waals surface area contributed by atoms with Gasteiger partial charge in [-0.25, -0.2) is 0 Å². The number of carbonyl (C=O) groups excluding carboxylic acids is 1. The van der Waals surface area contributed by atoms with Gasteiger partial charge in [-0.1, -0.05) is 47.5 Å². The predicted octanol–water partition coefficient (Wildman–Crippen LogP) is 3.76. The number of carbonyl (C=O) groups is 1. The van der Waals surface area contributed by atoms with E-state index in [1.807, 2.05) is 6.07 Å². The van der Waals surface area contributed by atoms with Crippen molar-refractivity contribution in [1.82, 2.24) is 10.3 Å². The summed E-state index contributed by atoms with van der Waals surface area (Å²) in [5.74, 6) is -0.335. The van der Waals surface area contributed by atoms with Gasteiger partial charge in [0.05, 0.1) is 5.56 Å². The number of halogens is 2. The van der Waals surface area contributed by atoms with Gasteiger partial charge in [-0.05, 0) is 23.8 Å². The van der Waals surface area contributed by atoms with E-state index >= 15 is 0 Å². The zero-order valence-corrected chi connectivity index (χ0v) is 13.4. The van der Waals surface area contributed by atoms with Gasteiger partial charge >= 0.3 is 0 Å². The Hall–Kier alpha value is -2.30. The molecule has 4 nitrogen and oxygen atoms in total. The fourth-order valence-electron chi connectivity index (χ4n) is 2.33. The Morgan fingerprint density at radius 3 is 2.65 bits per heavy atom. The molecule has 0 atom stereocenters. The van der Waals surface area contributed by atoms with Crippen LogP contribution in [0.25, 0.3) is 10.9 Å². The van der Waals surface area contributed by atoms with Gasteiger partial charge < -0.3 is 10.3 Å². The van der Waals surface area contributed by atoms with Crippen LogP contribution in [0.2, 0.25) is 10.0 Å². The van der Waals surface area contributed by atoms with Crippen molar-refractivity contribution in [3.63, 3.8) is 0 Å². The summed E-state index contributed by atoms with van der Waals surface area (Å²) in [6.45, 7) is 0.246. The van der Waals surface area contributed by atoms with Gasteiger partial charge in [0, 0.05) is 33.6 Å². The van der Waals surface area contributed by atoms with Crippen molar-refractivity contribution in [2.24, 2.45) is 0 Å². The van der Waals surface area contributed by atoms with E-state index in [0.717, 1.165) is 5.56 Å².